The number of halogens is 1. The second-order valence-corrected chi connectivity index (χ2v) is 10.7. The first kappa shape index (κ1) is 20.5. The van der Waals surface area contributed by atoms with Gasteiger partial charge in [0.15, 0.2) is 9.84 Å². The molecule has 0 radical (unpaired) electrons. The van der Waals surface area contributed by atoms with E-state index in [4.69, 9.17) is 10.5 Å². The number of aromatic nitrogens is 1. The lowest BCUT2D eigenvalue weighted by Gasteiger charge is -2.40. The summed E-state index contributed by atoms with van der Waals surface area (Å²) in [5.74, 6) is -1.34. The maximum atomic E-state index is 14.4. The van der Waals surface area contributed by atoms with E-state index in [1.54, 1.807) is 20.8 Å². The summed E-state index contributed by atoms with van der Waals surface area (Å²) in [4.78, 5) is 19.8. The number of amidine groups is 1. The third kappa shape index (κ3) is 4.26. The van der Waals surface area contributed by atoms with Crippen LogP contribution in [0.4, 0.5) is 14.9 Å². The zero-order valence-corrected chi connectivity index (χ0v) is 17.1. The van der Waals surface area contributed by atoms with Gasteiger partial charge in [-0.25, -0.2) is 18.2 Å². The quantitative estimate of drug-likeness (QED) is 0.713. The van der Waals surface area contributed by atoms with Gasteiger partial charge in [0.1, 0.15) is 16.7 Å². The standard InChI is InChI=1S/C18H25FN4O4S/c1-17(2,3)27-16(24)22-15-13(10-5-6-10)28(25,26)9-18(4,23-15)12-7-11(20)8-21-14(12)19/h7-8,10,13H,5-6,9,20H2,1-4H3,(H,22,23,24)/t13-,18-/m0/s1. The van der Waals surface area contributed by atoms with Gasteiger partial charge in [-0.2, -0.15) is 9.38 Å². The number of carbonyl (C=O) groups is 1. The van der Waals surface area contributed by atoms with E-state index in [-0.39, 0.29) is 28.8 Å². The second-order valence-electron chi connectivity index (χ2n) is 8.61. The molecule has 10 heteroatoms. The Morgan fingerprint density at radius 1 is 1.43 bits per heavy atom. The Bertz CT molecular complexity index is 937. The molecule has 1 aromatic heterocycles. The van der Waals surface area contributed by atoms with Gasteiger partial charge in [0, 0.05) is 5.56 Å². The average Bonchev–Trinajstić information content (AvgIpc) is 3.30. The summed E-state index contributed by atoms with van der Waals surface area (Å²) in [5.41, 5.74) is 3.76. The molecule has 154 valence electrons. The molecule has 1 saturated heterocycles. The summed E-state index contributed by atoms with van der Waals surface area (Å²) < 4.78 is 45.8. The molecule has 1 saturated carbocycles. The summed E-state index contributed by atoms with van der Waals surface area (Å²) in [6.07, 6.45) is 1.71. The van der Waals surface area contributed by atoms with Crippen LogP contribution in [0.15, 0.2) is 17.3 Å². The van der Waals surface area contributed by atoms with E-state index in [0.29, 0.717) is 0 Å². The van der Waals surface area contributed by atoms with Crippen molar-refractivity contribution < 1.29 is 22.3 Å². The first-order chi connectivity index (χ1) is 12.8. The molecule has 2 fully saturated rings. The molecule has 1 aliphatic heterocycles. The van der Waals surface area contributed by atoms with E-state index in [1.807, 2.05) is 0 Å². The van der Waals surface area contributed by atoms with Gasteiger partial charge in [-0.15, -0.1) is 0 Å². The molecular formula is C18H25FN4O4S. The fourth-order valence-corrected chi connectivity index (χ4v) is 5.96. The molecule has 2 aliphatic rings. The van der Waals surface area contributed by atoms with E-state index in [1.165, 1.54) is 13.0 Å². The highest BCUT2D eigenvalue weighted by Gasteiger charge is 2.52. The second kappa shape index (κ2) is 6.68. The molecule has 28 heavy (non-hydrogen) atoms. The Hall–Kier alpha value is -2.23. The van der Waals surface area contributed by atoms with Crippen molar-refractivity contribution in [3.63, 3.8) is 0 Å². The van der Waals surface area contributed by atoms with Crippen LogP contribution in [0.1, 0.15) is 46.1 Å². The molecule has 8 nitrogen and oxygen atoms in total. The van der Waals surface area contributed by atoms with E-state index in [9.17, 15) is 17.6 Å². The topological polar surface area (TPSA) is 124 Å². The normalized spacial score (nSPS) is 28.6. The minimum Gasteiger partial charge on any atom is -0.442 e. The van der Waals surface area contributed by atoms with Crippen molar-refractivity contribution in [1.82, 2.24) is 10.3 Å². The third-order valence-corrected chi connectivity index (χ3v) is 7.02. The summed E-state index contributed by atoms with van der Waals surface area (Å²) in [6, 6.07) is 1.34. The molecule has 2 heterocycles. The Morgan fingerprint density at radius 3 is 2.64 bits per heavy atom. The van der Waals surface area contributed by atoms with Crippen molar-refractivity contribution in [2.75, 3.05) is 11.5 Å². The van der Waals surface area contributed by atoms with Crippen LogP contribution in [-0.2, 0) is 20.1 Å². The molecular weight excluding hydrogens is 387 g/mol. The number of nitrogens with two attached hydrogens (primary N) is 1. The SMILES string of the molecule is CC(C)(C)OC(=O)/N=C1/N[C@](C)(c2cc(N)cnc2F)CS(=O)(=O)[C@H]1C1CC1. The van der Waals surface area contributed by atoms with Gasteiger partial charge in [0.25, 0.3) is 0 Å². The van der Waals surface area contributed by atoms with Crippen molar-refractivity contribution in [3.05, 3.63) is 23.8 Å². The van der Waals surface area contributed by atoms with Crippen molar-refractivity contribution in [2.45, 2.75) is 56.9 Å². The molecule has 0 aromatic carbocycles. The molecule has 2 atom stereocenters. The monoisotopic (exact) mass is 412 g/mol. The highest BCUT2D eigenvalue weighted by Crippen LogP contribution is 2.41. The van der Waals surface area contributed by atoms with E-state index in [2.05, 4.69) is 15.3 Å². The van der Waals surface area contributed by atoms with Gasteiger partial charge in [-0.3, -0.25) is 0 Å². The Kier molecular flexibility index (Phi) is 4.89. The fraction of sp³-hybridized carbons (Fsp3) is 0.611. The molecule has 0 unspecified atom stereocenters. The van der Waals surface area contributed by atoms with Crippen LogP contribution in [0, 0.1) is 11.9 Å². The number of anilines is 1. The first-order valence-electron chi connectivity index (χ1n) is 9.03. The smallest absolute Gasteiger partial charge is 0.435 e. The molecule has 3 rings (SSSR count). The van der Waals surface area contributed by atoms with Crippen LogP contribution in [0.25, 0.3) is 0 Å². The van der Waals surface area contributed by atoms with Crippen LogP contribution in [0.3, 0.4) is 0 Å². The Balaban J connectivity index is 2.05. The average molecular weight is 412 g/mol. The fourth-order valence-electron chi connectivity index (χ4n) is 3.44. The van der Waals surface area contributed by atoms with E-state index < -0.39 is 38.3 Å². The predicted octanol–water partition coefficient (Wildman–Crippen LogP) is 2.15. The number of hydrogen-bond acceptors (Lipinski definition) is 6. The van der Waals surface area contributed by atoms with Crippen molar-refractivity contribution in [2.24, 2.45) is 10.9 Å². The van der Waals surface area contributed by atoms with Gasteiger partial charge < -0.3 is 15.8 Å². The first-order valence-corrected chi connectivity index (χ1v) is 10.8. The number of hydrogen-bond donors (Lipinski definition) is 2. The number of rotatable bonds is 2. The summed E-state index contributed by atoms with van der Waals surface area (Å²) in [7, 11) is -3.72. The number of pyridine rings is 1. The van der Waals surface area contributed by atoms with Gasteiger partial charge in [0.05, 0.1) is 23.2 Å². The highest BCUT2D eigenvalue weighted by atomic mass is 32.2. The molecule has 1 aromatic rings. The summed E-state index contributed by atoms with van der Waals surface area (Å²) in [5, 5.41) is 2.05. The van der Waals surface area contributed by atoms with Crippen LogP contribution in [-0.4, -0.2) is 41.9 Å². The predicted molar refractivity (Wildman–Crippen MR) is 103 cm³/mol. The summed E-state index contributed by atoms with van der Waals surface area (Å²) in [6.45, 7) is 6.59. The zero-order valence-electron chi connectivity index (χ0n) is 16.3. The van der Waals surface area contributed by atoms with Crippen LogP contribution in [0.5, 0.6) is 0 Å². The molecule has 0 bridgehead atoms. The molecule has 1 aliphatic carbocycles. The minimum absolute atomic E-state index is 0.00205. The maximum Gasteiger partial charge on any atom is 0.435 e. The number of carbonyl (C=O) groups excluding carboxylic acids is 1. The number of sulfone groups is 1. The van der Waals surface area contributed by atoms with Gasteiger partial charge in [0.2, 0.25) is 5.95 Å². The largest absolute Gasteiger partial charge is 0.442 e. The Morgan fingerprint density at radius 2 is 2.07 bits per heavy atom. The zero-order chi connectivity index (χ0) is 20.9. The number of aliphatic imine (C=N–C) groups is 1. The Labute approximate surface area is 163 Å². The maximum absolute atomic E-state index is 14.4. The number of ether oxygens (including phenoxy) is 1. The lowest BCUT2D eigenvalue weighted by Crippen LogP contribution is -2.61. The molecule has 3 N–H and O–H groups in total. The highest BCUT2D eigenvalue weighted by molar-refractivity contribution is 7.93. The van der Waals surface area contributed by atoms with E-state index in [0.717, 1.165) is 19.0 Å². The van der Waals surface area contributed by atoms with Crippen LogP contribution < -0.4 is 11.1 Å². The third-order valence-electron chi connectivity index (χ3n) is 4.66. The number of nitrogen functional groups attached to an aromatic ring is 1. The lowest BCUT2D eigenvalue weighted by atomic mass is 9.94. The number of nitrogens with one attached hydrogen (secondary N) is 1. The van der Waals surface area contributed by atoms with Gasteiger partial charge >= 0.3 is 6.09 Å². The molecule has 1 amide bonds. The van der Waals surface area contributed by atoms with Crippen LogP contribution >= 0.6 is 0 Å². The van der Waals surface area contributed by atoms with Gasteiger partial charge in [-0.05, 0) is 52.5 Å². The van der Waals surface area contributed by atoms with Gasteiger partial charge in [-0.1, -0.05) is 0 Å². The summed E-state index contributed by atoms with van der Waals surface area (Å²) >= 11 is 0. The lowest BCUT2D eigenvalue weighted by molar-refractivity contribution is 0.0603. The van der Waals surface area contributed by atoms with Crippen LogP contribution in [0.2, 0.25) is 0 Å². The molecule has 0 spiro atoms. The van der Waals surface area contributed by atoms with Crippen molar-refractivity contribution in [1.29, 1.82) is 0 Å². The number of nitrogens with zero attached hydrogens (tertiary/aromatic N) is 2. The van der Waals surface area contributed by atoms with Crippen molar-refractivity contribution in [3.8, 4) is 0 Å². The van der Waals surface area contributed by atoms with E-state index >= 15 is 0 Å². The minimum atomic E-state index is -3.72. The van der Waals surface area contributed by atoms with Crippen molar-refractivity contribution >= 4 is 27.5 Å². The number of amides is 1.